The molecule has 7 nitrogen and oxygen atoms in total. The molecule has 140 valence electrons. The van der Waals surface area contributed by atoms with Crippen LogP contribution in [0.3, 0.4) is 0 Å². The van der Waals surface area contributed by atoms with Gasteiger partial charge in [-0.3, -0.25) is 4.79 Å². The summed E-state index contributed by atoms with van der Waals surface area (Å²) >= 11 is 1.01. The Balaban J connectivity index is 1.53. The van der Waals surface area contributed by atoms with Crippen molar-refractivity contribution in [1.82, 2.24) is 18.4 Å². The van der Waals surface area contributed by atoms with Crippen molar-refractivity contribution in [2.45, 2.75) is 49.5 Å². The second kappa shape index (κ2) is 7.21. The van der Waals surface area contributed by atoms with Gasteiger partial charge in [0.25, 0.3) is 0 Å². The summed E-state index contributed by atoms with van der Waals surface area (Å²) in [5.74, 6) is -0.294. The smallest absolute Gasteiger partial charge is 0.245 e. The van der Waals surface area contributed by atoms with Crippen LogP contribution in [0, 0.1) is 5.92 Å². The normalized spacial score (nSPS) is 22.7. The number of aromatic nitrogens is 2. The highest BCUT2D eigenvalue weighted by molar-refractivity contribution is 7.89. The van der Waals surface area contributed by atoms with Gasteiger partial charge in [-0.2, -0.15) is 13.1 Å². The number of nitrogens with one attached hydrogen (secondary N) is 1. The molecule has 1 saturated carbocycles. The molecule has 26 heavy (non-hydrogen) atoms. The molecule has 1 N–H and O–H groups in total. The van der Waals surface area contributed by atoms with Gasteiger partial charge >= 0.3 is 0 Å². The zero-order valence-corrected chi connectivity index (χ0v) is 16.1. The maximum Gasteiger partial charge on any atom is 0.245 e. The predicted octanol–water partition coefficient (Wildman–Crippen LogP) is 2.15. The number of carbonyl (C=O) groups excluding carboxylic acids is 1. The van der Waals surface area contributed by atoms with E-state index in [1.54, 1.807) is 18.2 Å². The van der Waals surface area contributed by atoms with Crippen LogP contribution in [0.15, 0.2) is 23.1 Å². The average molecular weight is 395 g/mol. The third-order valence-electron chi connectivity index (χ3n) is 5.32. The van der Waals surface area contributed by atoms with Crippen molar-refractivity contribution in [3.8, 4) is 0 Å². The van der Waals surface area contributed by atoms with E-state index < -0.39 is 10.0 Å². The lowest BCUT2D eigenvalue weighted by atomic mass is 9.98. The molecule has 2 fully saturated rings. The van der Waals surface area contributed by atoms with Gasteiger partial charge in [0.05, 0.1) is 17.6 Å². The molecule has 1 atom stereocenters. The minimum atomic E-state index is -3.69. The first-order valence-corrected chi connectivity index (χ1v) is 11.2. The van der Waals surface area contributed by atoms with Crippen LogP contribution < -0.4 is 5.32 Å². The van der Waals surface area contributed by atoms with Gasteiger partial charge < -0.3 is 5.32 Å². The lowest BCUT2D eigenvalue weighted by Crippen LogP contribution is -2.47. The van der Waals surface area contributed by atoms with Crippen molar-refractivity contribution < 1.29 is 13.2 Å². The van der Waals surface area contributed by atoms with Gasteiger partial charge in [-0.1, -0.05) is 18.9 Å². The minimum absolute atomic E-state index is 0.00895. The Labute approximate surface area is 157 Å². The standard InChI is InChI=1S/C17H22N4O3S2/c22-17(18-13-6-1-2-7-13)12-5-4-10-21(11-12)26(23,24)15-9-3-8-14-16(15)20-25-19-14/h3,8-9,12-13H,1-2,4-7,10-11H2,(H,18,22). The van der Waals surface area contributed by atoms with Crippen LogP contribution >= 0.6 is 11.7 Å². The van der Waals surface area contributed by atoms with Crippen molar-refractivity contribution in [2.24, 2.45) is 5.92 Å². The predicted molar refractivity (Wildman–Crippen MR) is 99.3 cm³/mol. The molecule has 1 aliphatic heterocycles. The van der Waals surface area contributed by atoms with Crippen LogP contribution in [0.5, 0.6) is 0 Å². The lowest BCUT2D eigenvalue weighted by Gasteiger charge is -2.31. The van der Waals surface area contributed by atoms with Crippen molar-refractivity contribution in [1.29, 1.82) is 0 Å². The van der Waals surface area contributed by atoms with E-state index in [0.717, 1.165) is 43.8 Å². The molecule has 0 radical (unpaired) electrons. The number of hydrogen-bond acceptors (Lipinski definition) is 6. The van der Waals surface area contributed by atoms with E-state index in [2.05, 4.69) is 14.1 Å². The molecule has 1 aromatic carbocycles. The molecule has 1 amide bonds. The Kier molecular flexibility index (Phi) is 4.94. The SMILES string of the molecule is O=C(NC1CCCC1)C1CCCN(S(=O)(=O)c2cccc3nsnc23)C1. The number of rotatable bonds is 4. The Bertz CT molecular complexity index is 906. The second-order valence-electron chi connectivity index (χ2n) is 7.08. The number of hydrogen-bond donors (Lipinski definition) is 1. The fourth-order valence-electron chi connectivity index (χ4n) is 3.89. The van der Waals surface area contributed by atoms with E-state index >= 15 is 0 Å². The molecule has 1 saturated heterocycles. The highest BCUT2D eigenvalue weighted by Crippen LogP contribution is 2.28. The van der Waals surface area contributed by atoms with Gasteiger partial charge in [0.15, 0.2) is 0 Å². The number of fused-ring (bicyclic) bond motifs is 1. The molecule has 2 aromatic rings. The molecule has 0 spiro atoms. The molecule has 9 heteroatoms. The lowest BCUT2D eigenvalue weighted by molar-refractivity contribution is -0.126. The van der Waals surface area contributed by atoms with Crippen LogP contribution in [-0.2, 0) is 14.8 Å². The summed E-state index contributed by atoms with van der Waals surface area (Å²) in [5, 5.41) is 3.10. The third kappa shape index (κ3) is 3.35. The number of piperidine rings is 1. The quantitative estimate of drug-likeness (QED) is 0.858. The topological polar surface area (TPSA) is 92.3 Å². The molecule has 1 aromatic heterocycles. The minimum Gasteiger partial charge on any atom is -0.353 e. The highest BCUT2D eigenvalue weighted by Gasteiger charge is 2.35. The zero-order valence-electron chi connectivity index (χ0n) is 14.4. The first kappa shape index (κ1) is 17.8. The van der Waals surface area contributed by atoms with Gasteiger partial charge in [-0.15, -0.1) is 0 Å². The summed E-state index contributed by atoms with van der Waals surface area (Å²) in [4.78, 5) is 12.8. The van der Waals surface area contributed by atoms with Crippen molar-refractivity contribution in [3.05, 3.63) is 18.2 Å². The first-order valence-electron chi connectivity index (χ1n) is 9.07. The van der Waals surface area contributed by atoms with E-state index in [-0.39, 0.29) is 29.3 Å². The summed E-state index contributed by atoms with van der Waals surface area (Å²) < 4.78 is 36.0. The second-order valence-corrected chi connectivity index (χ2v) is 9.52. The van der Waals surface area contributed by atoms with Gasteiger partial charge in [0.2, 0.25) is 15.9 Å². The number of amides is 1. The first-order chi connectivity index (χ1) is 12.6. The summed E-state index contributed by atoms with van der Waals surface area (Å²) in [6.45, 7) is 0.665. The summed E-state index contributed by atoms with van der Waals surface area (Å²) in [6.07, 6.45) is 5.78. The van der Waals surface area contributed by atoms with Crippen molar-refractivity contribution >= 4 is 38.7 Å². The van der Waals surface area contributed by atoms with Crippen molar-refractivity contribution in [2.75, 3.05) is 13.1 Å². The molecule has 1 aliphatic carbocycles. The van der Waals surface area contributed by atoms with E-state index in [4.69, 9.17) is 0 Å². The maximum absolute atomic E-state index is 13.1. The Morgan fingerprint density at radius 3 is 2.77 bits per heavy atom. The fourth-order valence-corrected chi connectivity index (χ4v) is 6.17. The molecule has 2 heterocycles. The monoisotopic (exact) mass is 394 g/mol. The number of sulfonamides is 1. The molecular formula is C17H22N4O3S2. The summed E-state index contributed by atoms with van der Waals surface area (Å²) in [7, 11) is -3.69. The summed E-state index contributed by atoms with van der Waals surface area (Å²) in [6, 6.07) is 5.27. The number of nitrogens with zero attached hydrogens (tertiary/aromatic N) is 3. The Morgan fingerprint density at radius 2 is 1.96 bits per heavy atom. The van der Waals surface area contributed by atoms with E-state index in [9.17, 15) is 13.2 Å². The van der Waals surface area contributed by atoms with Gasteiger partial charge in [0, 0.05) is 19.1 Å². The van der Waals surface area contributed by atoms with Crippen molar-refractivity contribution in [3.63, 3.8) is 0 Å². The largest absolute Gasteiger partial charge is 0.353 e. The van der Waals surface area contributed by atoms with Crippen LogP contribution in [0.4, 0.5) is 0 Å². The van der Waals surface area contributed by atoms with Crippen LogP contribution in [0.2, 0.25) is 0 Å². The maximum atomic E-state index is 13.1. The molecule has 2 aliphatic rings. The molecule has 1 unspecified atom stereocenters. The third-order valence-corrected chi connectivity index (χ3v) is 7.76. The average Bonchev–Trinajstić information content (AvgIpc) is 3.32. The Morgan fingerprint density at radius 1 is 1.15 bits per heavy atom. The molecule has 0 bridgehead atoms. The zero-order chi connectivity index (χ0) is 18.1. The van der Waals surface area contributed by atoms with Crippen LogP contribution in [0.25, 0.3) is 11.0 Å². The van der Waals surface area contributed by atoms with Gasteiger partial charge in [-0.05, 0) is 37.8 Å². The van der Waals surface area contributed by atoms with E-state index in [1.807, 2.05) is 0 Å². The van der Waals surface area contributed by atoms with E-state index in [0.29, 0.717) is 24.0 Å². The van der Waals surface area contributed by atoms with Gasteiger partial charge in [-0.25, -0.2) is 8.42 Å². The number of carbonyl (C=O) groups is 1. The summed E-state index contributed by atoms with van der Waals surface area (Å²) in [5.41, 5.74) is 0.999. The van der Waals surface area contributed by atoms with Crippen LogP contribution in [-0.4, -0.2) is 46.5 Å². The molecule has 4 rings (SSSR count). The van der Waals surface area contributed by atoms with E-state index in [1.165, 1.54) is 4.31 Å². The molecular weight excluding hydrogens is 372 g/mol. The van der Waals surface area contributed by atoms with Crippen LogP contribution in [0.1, 0.15) is 38.5 Å². The Hall–Kier alpha value is -1.58. The number of benzene rings is 1. The fraction of sp³-hybridized carbons (Fsp3) is 0.588. The van der Waals surface area contributed by atoms with Gasteiger partial charge in [0.1, 0.15) is 15.9 Å². The highest BCUT2D eigenvalue weighted by atomic mass is 32.2.